The lowest BCUT2D eigenvalue weighted by Crippen LogP contribution is -2.43. The van der Waals surface area contributed by atoms with Crippen molar-refractivity contribution in [1.82, 2.24) is 4.90 Å². The van der Waals surface area contributed by atoms with Crippen LogP contribution in [0.1, 0.15) is 41.3 Å². The molecule has 4 rings (SSSR count). The molecular weight excluding hydrogens is 418 g/mol. The number of hydrogen-bond acceptors (Lipinski definition) is 5. The monoisotopic (exact) mass is 445 g/mol. The summed E-state index contributed by atoms with van der Waals surface area (Å²) in [6, 6.07) is 22.5. The summed E-state index contributed by atoms with van der Waals surface area (Å²) < 4.78 is 16.6. The second-order valence-electron chi connectivity index (χ2n) is 7.90. The number of carbonyl (C=O) groups is 2. The molecule has 0 saturated carbocycles. The maximum atomic E-state index is 13.9. The third-order valence-electron chi connectivity index (χ3n) is 5.88. The number of nitrogens with zero attached hydrogens (tertiary/aromatic N) is 1. The molecule has 6 heteroatoms. The Labute approximate surface area is 193 Å². The summed E-state index contributed by atoms with van der Waals surface area (Å²) in [6.07, 6.45) is -0.372. The van der Waals surface area contributed by atoms with Gasteiger partial charge in [-0.05, 0) is 35.2 Å². The zero-order valence-electron chi connectivity index (χ0n) is 19.0. The van der Waals surface area contributed by atoms with Gasteiger partial charge in [0.25, 0.3) is 5.91 Å². The highest BCUT2D eigenvalue weighted by atomic mass is 16.5. The van der Waals surface area contributed by atoms with Crippen LogP contribution in [-0.2, 0) is 20.7 Å². The fourth-order valence-corrected chi connectivity index (χ4v) is 4.38. The predicted molar refractivity (Wildman–Crippen MR) is 124 cm³/mol. The molecule has 2 atom stereocenters. The number of benzene rings is 3. The molecule has 1 heterocycles. The fraction of sp³-hybridized carbons (Fsp3) is 0.259. The zero-order valence-corrected chi connectivity index (χ0v) is 19.0. The van der Waals surface area contributed by atoms with Crippen molar-refractivity contribution in [2.45, 2.75) is 25.5 Å². The molecule has 0 aromatic heterocycles. The number of rotatable bonds is 6. The smallest absolute Gasteiger partial charge is 0.303 e. The quantitative estimate of drug-likeness (QED) is 0.524. The lowest BCUT2D eigenvalue weighted by molar-refractivity contribution is -0.160. The van der Waals surface area contributed by atoms with Crippen LogP contribution in [0.15, 0.2) is 72.8 Å². The Hall–Kier alpha value is -3.80. The molecule has 0 N–H and O–H groups in total. The van der Waals surface area contributed by atoms with Crippen molar-refractivity contribution in [2.24, 2.45) is 0 Å². The third-order valence-corrected chi connectivity index (χ3v) is 5.88. The van der Waals surface area contributed by atoms with E-state index < -0.39 is 12.1 Å². The molecule has 1 aliphatic heterocycles. The minimum atomic E-state index is -1.02. The molecule has 170 valence electrons. The van der Waals surface area contributed by atoms with Crippen LogP contribution in [0.2, 0.25) is 0 Å². The van der Waals surface area contributed by atoms with Gasteiger partial charge in [0.2, 0.25) is 6.10 Å². The fourth-order valence-electron chi connectivity index (χ4n) is 4.38. The molecule has 1 aliphatic rings. The minimum Gasteiger partial charge on any atom is -0.493 e. The van der Waals surface area contributed by atoms with Crippen molar-refractivity contribution < 1.29 is 23.8 Å². The van der Waals surface area contributed by atoms with E-state index in [1.165, 1.54) is 6.92 Å². The first-order valence-electron chi connectivity index (χ1n) is 10.9. The van der Waals surface area contributed by atoms with Gasteiger partial charge in [-0.3, -0.25) is 9.59 Å². The normalized spacial score (nSPS) is 15.8. The van der Waals surface area contributed by atoms with E-state index in [-0.39, 0.29) is 11.9 Å². The lowest BCUT2D eigenvalue weighted by atomic mass is 9.87. The number of ether oxygens (including phenoxy) is 3. The number of carbonyl (C=O) groups excluding carboxylic acids is 2. The van der Waals surface area contributed by atoms with Gasteiger partial charge >= 0.3 is 5.97 Å². The van der Waals surface area contributed by atoms with E-state index in [1.807, 2.05) is 60.7 Å². The van der Waals surface area contributed by atoms with E-state index in [9.17, 15) is 9.59 Å². The van der Waals surface area contributed by atoms with Crippen molar-refractivity contribution in [3.05, 3.63) is 95.1 Å². The highest BCUT2D eigenvalue weighted by molar-refractivity contribution is 5.86. The van der Waals surface area contributed by atoms with Gasteiger partial charge < -0.3 is 19.1 Å². The van der Waals surface area contributed by atoms with Gasteiger partial charge in [0.15, 0.2) is 11.5 Å². The molecule has 33 heavy (non-hydrogen) atoms. The van der Waals surface area contributed by atoms with Crippen LogP contribution >= 0.6 is 0 Å². The van der Waals surface area contributed by atoms with Crippen molar-refractivity contribution in [3.8, 4) is 11.5 Å². The number of methoxy groups -OCH3 is 2. The molecule has 3 aromatic rings. The predicted octanol–water partition coefficient (Wildman–Crippen LogP) is 4.48. The highest BCUT2D eigenvalue weighted by Gasteiger charge is 2.38. The van der Waals surface area contributed by atoms with Gasteiger partial charge in [-0.1, -0.05) is 60.7 Å². The van der Waals surface area contributed by atoms with Gasteiger partial charge in [-0.15, -0.1) is 0 Å². The Morgan fingerprint density at radius 3 is 2.12 bits per heavy atom. The summed E-state index contributed by atoms with van der Waals surface area (Å²) in [5.74, 6) is 0.499. The van der Waals surface area contributed by atoms with E-state index in [2.05, 4.69) is 0 Å². The molecule has 0 radical (unpaired) electrons. The molecule has 2 unspecified atom stereocenters. The van der Waals surface area contributed by atoms with E-state index in [1.54, 1.807) is 31.3 Å². The Kier molecular flexibility index (Phi) is 6.63. The topological polar surface area (TPSA) is 65.1 Å². The third kappa shape index (κ3) is 4.55. The molecule has 0 bridgehead atoms. The largest absolute Gasteiger partial charge is 0.493 e. The summed E-state index contributed by atoms with van der Waals surface area (Å²) >= 11 is 0. The van der Waals surface area contributed by atoms with E-state index >= 15 is 0 Å². The van der Waals surface area contributed by atoms with Crippen LogP contribution < -0.4 is 9.47 Å². The number of amides is 1. The summed E-state index contributed by atoms with van der Waals surface area (Å²) in [7, 11) is 3.21. The Balaban J connectivity index is 1.82. The van der Waals surface area contributed by atoms with Crippen molar-refractivity contribution in [1.29, 1.82) is 0 Å². The molecule has 0 saturated heterocycles. The van der Waals surface area contributed by atoms with E-state index in [0.717, 1.165) is 16.7 Å². The lowest BCUT2D eigenvalue weighted by Gasteiger charge is -2.39. The van der Waals surface area contributed by atoms with Crippen LogP contribution in [0.4, 0.5) is 0 Å². The summed E-state index contributed by atoms with van der Waals surface area (Å²) in [5.41, 5.74) is 3.67. The van der Waals surface area contributed by atoms with E-state index in [4.69, 9.17) is 14.2 Å². The summed E-state index contributed by atoms with van der Waals surface area (Å²) in [4.78, 5) is 27.6. The number of hydrogen-bond donors (Lipinski definition) is 0. The van der Waals surface area contributed by atoms with Gasteiger partial charge in [0, 0.05) is 19.0 Å². The van der Waals surface area contributed by atoms with Crippen molar-refractivity contribution in [2.75, 3.05) is 20.8 Å². The van der Waals surface area contributed by atoms with Crippen LogP contribution in [0.3, 0.4) is 0 Å². The van der Waals surface area contributed by atoms with Crippen LogP contribution in [0.25, 0.3) is 0 Å². The minimum absolute atomic E-state index is 0.259. The maximum Gasteiger partial charge on any atom is 0.303 e. The molecule has 1 amide bonds. The molecule has 6 nitrogen and oxygen atoms in total. The second kappa shape index (κ2) is 9.77. The van der Waals surface area contributed by atoms with Gasteiger partial charge in [0.1, 0.15) is 0 Å². The first-order chi connectivity index (χ1) is 16.0. The molecule has 3 aromatic carbocycles. The van der Waals surface area contributed by atoms with Crippen LogP contribution in [-0.4, -0.2) is 37.5 Å². The molecule has 0 fully saturated rings. The Bertz CT molecular complexity index is 1130. The summed E-state index contributed by atoms with van der Waals surface area (Å²) in [6.45, 7) is 1.80. The summed E-state index contributed by atoms with van der Waals surface area (Å²) in [5, 5.41) is 0. The molecular formula is C27H27NO5. The number of fused-ring (bicyclic) bond motifs is 1. The zero-order chi connectivity index (χ0) is 23.4. The van der Waals surface area contributed by atoms with Crippen molar-refractivity contribution >= 4 is 11.9 Å². The maximum absolute atomic E-state index is 13.9. The molecule has 0 aliphatic carbocycles. The van der Waals surface area contributed by atoms with E-state index in [0.29, 0.717) is 30.0 Å². The second-order valence-corrected chi connectivity index (χ2v) is 7.90. The number of esters is 1. The Morgan fingerprint density at radius 2 is 1.52 bits per heavy atom. The standard InChI is InChI=1S/C27H27NO5/c1-18(29)33-26(20-12-8-5-9-13-20)27(30)28-15-14-21-16-23(31-2)24(32-3)17-22(21)25(28)19-10-6-4-7-11-19/h4-13,16-17,25-26H,14-15H2,1-3H3. The van der Waals surface area contributed by atoms with Crippen LogP contribution in [0.5, 0.6) is 11.5 Å². The SMILES string of the molecule is COc1cc2c(cc1OC)C(c1ccccc1)N(C(=O)C(OC(C)=O)c1ccccc1)CC2. The average molecular weight is 446 g/mol. The van der Waals surface area contributed by atoms with Gasteiger partial charge in [-0.2, -0.15) is 0 Å². The van der Waals surface area contributed by atoms with Gasteiger partial charge in [0.05, 0.1) is 20.3 Å². The Morgan fingerprint density at radius 1 is 0.909 bits per heavy atom. The first-order valence-corrected chi connectivity index (χ1v) is 10.9. The first kappa shape index (κ1) is 22.4. The average Bonchev–Trinajstić information content (AvgIpc) is 2.86. The van der Waals surface area contributed by atoms with Crippen LogP contribution in [0, 0.1) is 0 Å². The highest BCUT2D eigenvalue weighted by Crippen LogP contribution is 2.42. The van der Waals surface area contributed by atoms with Crippen molar-refractivity contribution in [3.63, 3.8) is 0 Å². The van der Waals surface area contributed by atoms with Gasteiger partial charge in [-0.25, -0.2) is 0 Å². The molecule has 0 spiro atoms.